The van der Waals surface area contributed by atoms with Crippen LogP contribution < -0.4 is 5.73 Å². The number of nitrogens with two attached hydrogens (primary N) is 1. The number of nitro groups is 1. The van der Waals surface area contributed by atoms with Crippen LogP contribution in [-0.4, -0.2) is 21.1 Å². The lowest BCUT2D eigenvalue weighted by Crippen LogP contribution is -2.22. The largest absolute Gasteiger partial charge is 0.506 e. The number of rotatable bonds is 3. The number of carbonyl (C=O) groups is 1. The number of benzene rings is 1. The molecule has 1 atom stereocenters. The second-order valence-electron chi connectivity index (χ2n) is 3.08. The van der Waals surface area contributed by atoms with Crippen molar-refractivity contribution in [1.29, 1.82) is 5.26 Å². The van der Waals surface area contributed by atoms with E-state index in [2.05, 4.69) is 0 Å². The summed E-state index contributed by atoms with van der Waals surface area (Å²) < 4.78 is 0. The highest BCUT2D eigenvalue weighted by Crippen LogP contribution is 2.34. The van der Waals surface area contributed by atoms with E-state index in [0.717, 1.165) is 12.1 Å². The standard InChI is InChI=1S/C9H7N3O5/c10-3-4-1-2-5(12(16)17)6(8(4)13)7(11)9(14)15/h1-2,7,13H,11H2,(H,14,15)/t7-/m0/s1. The zero-order valence-corrected chi connectivity index (χ0v) is 8.32. The number of nitriles is 1. The maximum absolute atomic E-state index is 10.7. The molecule has 17 heavy (non-hydrogen) atoms. The third-order valence-corrected chi connectivity index (χ3v) is 2.09. The number of nitrogens with zero attached hydrogens (tertiary/aromatic N) is 2. The van der Waals surface area contributed by atoms with Gasteiger partial charge in [-0.25, -0.2) is 0 Å². The summed E-state index contributed by atoms with van der Waals surface area (Å²) in [6, 6.07) is 1.75. The highest BCUT2D eigenvalue weighted by atomic mass is 16.6. The van der Waals surface area contributed by atoms with Gasteiger partial charge in [-0.1, -0.05) is 0 Å². The number of aliphatic carboxylic acids is 1. The van der Waals surface area contributed by atoms with Crippen LogP contribution in [0.25, 0.3) is 0 Å². The summed E-state index contributed by atoms with van der Waals surface area (Å²) in [5.74, 6) is -2.32. The van der Waals surface area contributed by atoms with Crippen molar-refractivity contribution in [1.82, 2.24) is 0 Å². The van der Waals surface area contributed by atoms with Gasteiger partial charge in [0, 0.05) is 6.07 Å². The van der Waals surface area contributed by atoms with Crippen LogP contribution in [0.1, 0.15) is 17.2 Å². The average Bonchev–Trinajstić information content (AvgIpc) is 2.27. The van der Waals surface area contributed by atoms with E-state index in [1.54, 1.807) is 6.07 Å². The topological polar surface area (TPSA) is 150 Å². The first-order valence-electron chi connectivity index (χ1n) is 4.29. The van der Waals surface area contributed by atoms with E-state index < -0.39 is 33.9 Å². The number of phenols is 1. The van der Waals surface area contributed by atoms with Gasteiger partial charge in [0.05, 0.1) is 10.5 Å². The molecule has 88 valence electrons. The molecule has 0 aliphatic rings. The molecule has 0 radical (unpaired) electrons. The van der Waals surface area contributed by atoms with Crippen LogP contribution >= 0.6 is 0 Å². The van der Waals surface area contributed by atoms with E-state index in [0.29, 0.717) is 0 Å². The van der Waals surface area contributed by atoms with E-state index in [1.807, 2.05) is 0 Å². The van der Waals surface area contributed by atoms with Gasteiger partial charge in [0.15, 0.2) is 0 Å². The van der Waals surface area contributed by atoms with Gasteiger partial charge in [-0.15, -0.1) is 0 Å². The molecule has 0 saturated carbocycles. The van der Waals surface area contributed by atoms with Gasteiger partial charge in [-0.2, -0.15) is 5.26 Å². The zero-order valence-electron chi connectivity index (χ0n) is 8.32. The van der Waals surface area contributed by atoms with Crippen LogP contribution in [0.2, 0.25) is 0 Å². The number of aromatic hydroxyl groups is 1. The molecule has 0 spiro atoms. The van der Waals surface area contributed by atoms with Crippen molar-refractivity contribution in [2.45, 2.75) is 6.04 Å². The first-order chi connectivity index (χ1) is 7.90. The highest BCUT2D eigenvalue weighted by molar-refractivity contribution is 5.79. The zero-order chi connectivity index (χ0) is 13.2. The average molecular weight is 237 g/mol. The van der Waals surface area contributed by atoms with Crippen molar-refractivity contribution in [2.24, 2.45) is 5.73 Å². The highest BCUT2D eigenvalue weighted by Gasteiger charge is 2.29. The second-order valence-corrected chi connectivity index (χ2v) is 3.08. The summed E-state index contributed by atoms with van der Waals surface area (Å²) in [6.45, 7) is 0. The minimum absolute atomic E-state index is 0.276. The van der Waals surface area contributed by atoms with Crippen molar-refractivity contribution in [3.63, 3.8) is 0 Å². The number of carboxylic acids is 1. The van der Waals surface area contributed by atoms with E-state index in [-0.39, 0.29) is 5.56 Å². The molecule has 1 aromatic carbocycles. The van der Waals surface area contributed by atoms with Crippen LogP contribution in [0, 0.1) is 21.4 Å². The van der Waals surface area contributed by atoms with E-state index in [4.69, 9.17) is 16.1 Å². The summed E-state index contributed by atoms with van der Waals surface area (Å²) in [7, 11) is 0. The van der Waals surface area contributed by atoms with Gasteiger partial charge in [-0.05, 0) is 6.07 Å². The van der Waals surface area contributed by atoms with Crippen LogP contribution in [0.4, 0.5) is 5.69 Å². The van der Waals surface area contributed by atoms with Gasteiger partial charge < -0.3 is 15.9 Å². The molecule has 1 aromatic rings. The van der Waals surface area contributed by atoms with E-state index in [9.17, 15) is 20.0 Å². The third-order valence-electron chi connectivity index (χ3n) is 2.09. The Morgan fingerprint density at radius 1 is 1.59 bits per heavy atom. The van der Waals surface area contributed by atoms with Gasteiger partial charge >= 0.3 is 5.97 Å². The van der Waals surface area contributed by atoms with Crippen molar-refractivity contribution < 1.29 is 19.9 Å². The Balaban J connectivity index is 3.57. The summed E-state index contributed by atoms with van der Waals surface area (Å²) in [5, 5.41) is 37.5. The first kappa shape index (κ1) is 12.4. The van der Waals surface area contributed by atoms with Crippen molar-refractivity contribution in [3.8, 4) is 11.8 Å². The van der Waals surface area contributed by atoms with Crippen LogP contribution in [-0.2, 0) is 4.79 Å². The fourth-order valence-electron chi connectivity index (χ4n) is 1.28. The van der Waals surface area contributed by atoms with Gasteiger partial charge in [0.2, 0.25) is 0 Å². The van der Waals surface area contributed by atoms with Crippen molar-refractivity contribution in [3.05, 3.63) is 33.4 Å². The fourth-order valence-corrected chi connectivity index (χ4v) is 1.28. The smallest absolute Gasteiger partial charge is 0.325 e. The van der Waals surface area contributed by atoms with Crippen molar-refractivity contribution >= 4 is 11.7 Å². The summed E-state index contributed by atoms with van der Waals surface area (Å²) in [6.07, 6.45) is 0. The molecule has 0 fully saturated rings. The second kappa shape index (κ2) is 4.46. The fraction of sp³-hybridized carbons (Fsp3) is 0.111. The Morgan fingerprint density at radius 3 is 2.59 bits per heavy atom. The van der Waals surface area contributed by atoms with Gasteiger partial charge in [-0.3, -0.25) is 14.9 Å². The molecular weight excluding hydrogens is 230 g/mol. The SMILES string of the molecule is N#Cc1ccc([N+](=O)[O-])c([C@H](N)C(=O)O)c1O. The maximum atomic E-state index is 10.7. The summed E-state index contributed by atoms with van der Waals surface area (Å²) in [4.78, 5) is 20.5. The molecule has 0 bridgehead atoms. The van der Waals surface area contributed by atoms with Gasteiger partial charge in [0.25, 0.3) is 5.69 Å². The molecule has 0 aromatic heterocycles. The maximum Gasteiger partial charge on any atom is 0.325 e. The van der Waals surface area contributed by atoms with Gasteiger partial charge in [0.1, 0.15) is 23.4 Å². The minimum atomic E-state index is -1.77. The van der Waals surface area contributed by atoms with Crippen molar-refractivity contribution in [2.75, 3.05) is 0 Å². The normalized spacial score (nSPS) is 11.5. The first-order valence-corrected chi connectivity index (χ1v) is 4.29. The number of nitro benzene ring substituents is 1. The molecule has 0 saturated heterocycles. The number of hydrogen-bond acceptors (Lipinski definition) is 6. The quantitative estimate of drug-likeness (QED) is 0.503. The Labute approximate surface area is 94.7 Å². The minimum Gasteiger partial charge on any atom is -0.506 e. The molecule has 0 heterocycles. The summed E-state index contributed by atoms with van der Waals surface area (Å²) in [5.41, 5.74) is 3.73. The van der Waals surface area contributed by atoms with Crippen LogP contribution in [0.5, 0.6) is 5.75 Å². The lowest BCUT2D eigenvalue weighted by Gasteiger charge is -2.10. The lowest BCUT2D eigenvalue weighted by atomic mass is 10.0. The van der Waals surface area contributed by atoms with E-state index in [1.165, 1.54) is 0 Å². The Kier molecular flexibility index (Phi) is 3.26. The number of phenolic OH excluding ortho intramolecular Hbond substituents is 1. The van der Waals surface area contributed by atoms with Crippen LogP contribution in [0.3, 0.4) is 0 Å². The van der Waals surface area contributed by atoms with Crippen LogP contribution in [0.15, 0.2) is 12.1 Å². The monoisotopic (exact) mass is 237 g/mol. The Hall–Kier alpha value is -2.66. The number of carboxylic acid groups (broad SMARTS) is 1. The predicted molar refractivity (Wildman–Crippen MR) is 54.0 cm³/mol. The predicted octanol–water partition coefficient (Wildman–Crippen LogP) is 0.256. The Bertz CT molecular complexity index is 534. The van der Waals surface area contributed by atoms with E-state index >= 15 is 0 Å². The summed E-state index contributed by atoms with van der Waals surface area (Å²) >= 11 is 0. The molecule has 0 aliphatic carbocycles. The lowest BCUT2D eigenvalue weighted by molar-refractivity contribution is -0.385. The third kappa shape index (κ3) is 2.14. The Morgan fingerprint density at radius 2 is 2.18 bits per heavy atom. The molecule has 0 unspecified atom stereocenters. The molecule has 1 rings (SSSR count). The number of hydrogen-bond donors (Lipinski definition) is 3. The molecular formula is C9H7N3O5. The molecule has 8 heteroatoms. The molecule has 4 N–H and O–H groups in total. The molecule has 8 nitrogen and oxygen atoms in total. The molecule has 0 aliphatic heterocycles. The molecule has 0 amide bonds.